The Bertz CT molecular complexity index is 723. The highest BCUT2D eigenvalue weighted by Gasteiger charge is 2.15. The molecule has 6 nitrogen and oxygen atoms in total. The Hall–Kier alpha value is -2.02. The summed E-state index contributed by atoms with van der Waals surface area (Å²) in [6.45, 7) is 6.75. The Morgan fingerprint density at radius 1 is 1.29 bits per heavy atom. The number of rotatable bonds is 5. The van der Waals surface area contributed by atoms with Crippen molar-refractivity contribution in [2.45, 2.75) is 32.8 Å². The maximum Gasteiger partial charge on any atom is 0.407 e. The second-order valence-corrected chi connectivity index (χ2v) is 7.38. The van der Waals surface area contributed by atoms with Crippen LogP contribution in [0, 0.1) is 0 Å². The highest BCUT2D eigenvalue weighted by atomic mass is 79.9. The number of carbonyl (C=O) groups excluding carboxylic acids is 1. The first-order valence-corrected chi connectivity index (χ1v) is 8.60. The third kappa shape index (κ3) is 5.56. The number of pyridine rings is 1. The average Bonchev–Trinajstić information content (AvgIpc) is 2.44. The van der Waals surface area contributed by atoms with Crippen molar-refractivity contribution in [3.8, 4) is 0 Å². The van der Waals surface area contributed by atoms with Crippen LogP contribution in [-0.2, 0) is 4.74 Å². The predicted octanol–water partition coefficient (Wildman–Crippen LogP) is 3.91. The molecule has 4 N–H and O–H groups in total. The van der Waals surface area contributed by atoms with Crippen LogP contribution in [0.25, 0.3) is 10.9 Å². The van der Waals surface area contributed by atoms with Crippen LogP contribution >= 0.6 is 15.9 Å². The Morgan fingerprint density at radius 2 is 2.04 bits per heavy atom. The van der Waals surface area contributed by atoms with E-state index in [0.29, 0.717) is 18.9 Å². The van der Waals surface area contributed by atoms with Gasteiger partial charge in [0.05, 0.1) is 5.52 Å². The van der Waals surface area contributed by atoms with Crippen molar-refractivity contribution < 1.29 is 9.53 Å². The number of nitrogens with zero attached hydrogens (tertiary/aromatic N) is 1. The molecule has 1 amide bonds. The first-order chi connectivity index (χ1) is 11.2. The lowest BCUT2D eigenvalue weighted by Gasteiger charge is -2.19. The van der Waals surface area contributed by atoms with Gasteiger partial charge in [-0.05, 0) is 45.4 Å². The predicted molar refractivity (Wildman–Crippen MR) is 101 cm³/mol. The fourth-order valence-electron chi connectivity index (χ4n) is 2.18. The quantitative estimate of drug-likeness (QED) is 0.668. The molecule has 130 valence electrons. The molecule has 0 aliphatic heterocycles. The van der Waals surface area contributed by atoms with Crippen LogP contribution in [0.5, 0.6) is 0 Å². The molecule has 0 bridgehead atoms. The maximum atomic E-state index is 11.6. The van der Waals surface area contributed by atoms with Crippen LogP contribution in [0.15, 0.2) is 28.7 Å². The number of hydrogen-bond donors (Lipinski definition) is 3. The molecule has 1 aromatic heterocycles. The molecule has 0 aliphatic carbocycles. The molecule has 24 heavy (non-hydrogen) atoms. The van der Waals surface area contributed by atoms with Crippen molar-refractivity contribution in [2.24, 2.45) is 0 Å². The van der Waals surface area contributed by atoms with E-state index < -0.39 is 11.7 Å². The minimum absolute atomic E-state index is 0.397. The van der Waals surface area contributed by atoms with Gasteiger partial charge in [-0.25, -0.2) is 9.78 Å². The van der Waals surface area contributed by atoms with E-state index in [1.807, 2.05) is 45.0 Å². The SMILES string of the molecule is CC(C)(C)OC(=O)NCCCNc1cc(N)nc2cc(Br)ccc12. The zero-order chi connectivity index (χ0) is 17.7. The van der Waals surface area contributed by atoms with Crippen molar-refractivity contribution >= 4 is 44.4 Å². The van der Waals surface area contributed by atoms with Gasteiger partial charge in [-0.1, -0.05) is 15.9 Å². The third-order valence-electron chi connectivity index (χ3n) is 3.13. The minimum atomic E-state index is -0.482. The molecule has 0 spiro atoms. The normalized spacial score (nSPS) is 11.3. The highest BCUT2D eigenvalue weighted by molar-refractivity contribution is 9.10. The molecule has 2 rings (SSSR count). The molecule has 0 aliphatic rings. The number of benzene rings is 1. The van der Waals surface area contributed by atoms with E-state index in [-0.39, 0.29) is 0 Å². The largest absolute Gasteiger partial charge is 0.444 e. The van der Waals surface area contributed by atoms with Crippen LogP contribution in [-0.4, -0.2) is 29.8 Å². The number of carbonyl (C=O) groups is 1. The summed E-state index contributed by atoms with van der Waals surface area (Å²) in [5.41, 5.74) is 7.15. The van der Waals surface area contributed by atoms with Gasteiger partial charge in [0, 0.05) is 34.7 Å². The fourth-order valence-corrected chi connectivity index (χ4v) is 2.53. The average molecular weight is 395 g/mol. The zero-order valence-corrected chi connectivity index (χ0v) is 15.7. The van der Waals surface area contributed by atoms with E-state index in [1.165, 1.54) is 0 Å². The number of nitrogens with two attached hydrogens (primary N) is 1. The standard InChI is InChI=1S/C17H23BrN4O2/c1-17(2,3)24-16(23)21-8-4-7-20-13-10-15(19)22-14-9-11(18)5-6-12(13)14/h5-6,9-10H,4,7-8H2,1-3H3,(H,21,23)(H3,19,20,22). The number of nitrogens with one attached hydrogen (secondary N) is 2. The molecule has 0 fully saturated rings. The van der Waals surface area contributed by atoms with Gasteiger partial charge in [-0.15, -0.1) is 0 Å². The second kappa shape index (κ2) is 7.70. The van der Waals surface area contributed by atoms with E-state index in [4.69, 9.17) is 10.5 Å². The Kier molecular flexibility index (Phi) is 5.88. The summed E-state index contributed by atoms with van der Waals surface area (Å²) in [6.07, 6.45) is 0.366. The summed E-state index contributed by atoms with van der Waals surface area (Å²) in [5, 5.41) is 7.09. The van der Waals surface area contributed by atoms with E-state index in [2.05, 4.69) is 31.5 Å². The van der Waals surface area contributed by atoms with Crippen molar-refractivity contribution in [3.05, 3.63) is 28.7 Å². The molecule has 1 aromatic carbocycles. The molecule has 0 atom stereocenters. The molecule has 1 heterocycles. The number of fused-ring (bicyclic) bond motifs is 1. The minimum Gasteiger partial charge on any atom is -0.444 e. The highest BCUT2D eigenvalue weighted by Crippen LogP contribution is 2.26. The van der Waals surface area contributed by atoms with E-state index >= 15 is 0 Å². The van der Waals surface area contributed by atoms with Gasteiger partial charge in [-0.2, -0.15) is 0 Å². The molecule has 0 radical (unpaired) electrons. The Morgan fingerprint density at radius 3 is 2.75 bits per heavy atom. The van der Waals surface area contributed by atoms with Gasteiger partial charge in [0.25, 0.3) is 0 Å². The summed E-state index contributed by atoms with van der Waals surface area (Å²) in [7, 11) is 0. The molecule has 0 saturated carbocycles. The second-order valence-electron chi connectivity index (χ2n) is 6.47. The summed E-state index contributed by atoms with van der Waals surface area (Å²) in [6, 6.07) is 7.71. The van der Waals surface area contributed by atoms with Crippen molar-refractivity contribution in [3.63, 3.8) is 0 Å². The number of anilines is 2. The van der Waals surface area contributed by atoms with Crippen LogP contribution in [0.1, 0.15) is 27.2 Å². The number of alkyl carbamates (subject to hydrolysis) is 1. The molecular weight excluding hydrogens is 372 g/mol. The molecule has 7 heteroatoms. The molecule has 0 saturated heterocycles. The van der Waals surface area contributed by atoms with Crippen LogP contribution in [0.3, 0.4) is 0 Å². The monoisotopic (exact) mass is 394 g/mol. The lowest BCUT2D eigenvalue weighted by Crippen LogP contribution is -2.33. The topological polar surface area (TPSA) is 89.3 Å². The maximum absolute atomic E-state index is 11.6. The van der Waals surface area contributed by atoms with Gasteiger partial charge in [-0.3, -0.25) is 0 Å². The Balaban J connectivity index is 1.87. The fraction of sp³-hybridized carbons (Fsp3) is 0.412. The van der Waals surface area contributed by atoms with Crippen LogP contribution < -0.4 is 16.4 Å². The summed E-state index contributed by atoms with van der Waals surface area (Å²) in [5.74, 6) is 0.468. The number of amides is 1. The summed E-state index contributed by atoms with van der Waals surface area (Å²) < 4.78 is 6.15. The zero-order valence-electron chi connectivity index (χ0n) is 14.1. The third-order valence-corrected chi connectivity index (χ3v) is 3.62. The van der Waals surface area contributed by atoms with E-state index in [1.54, 1.807) is 0 Å². The number of nitrogen functional groups attached to an aromatic ring is 1. The van der Waals surface area contributed by atoms with Gasteiger partial charge < -0.3 is 21.1 Å². The van der Waals surface area contributed by atoms with E-state index in [9.17, 15) is 4.79 Å². The van der Waals surface area contributed by atoms with Crippen molar-refractivity contribution in [1.82, 2.24) is 10.3 Å². The lowest BCUT2D eigenvalue weighted by molar-refractivity contribution is 0.0528. The van der Waals surface area contributed by atoms with E-state index in [0.717, 1.165) is 27.5 Å². The molecule has 0 unspecified atom stereocenters. The van der Waals surface area contributed by atoms with Gasteiger partial charge in [0.15, 0.2) is 0 Å². The van der Waals surface area contributed by atoms with Crippen LogP contribution in [0.4, 0.5) is 16.3 Å². The van der Waals surface area contributed by atoms with Crippen LogP contribution in [0.2, 0.25) is 0 Å². The molecular formula is C17H23BrN4O2. The van der Waals surface area contributed by atoms with Gasteiger partial charge in [0.2, 0.25) is 0 Å². The number of halogens is 1. The first kappa shape index (κ1) is 18.3. The van der Waals surface area contributed by atoms with Gasteiger partial charge in [0.1, 0.15) is 11.4 Å². The number of hydrogen-bond acceptors (Lipinski definition) is 5. The molecule has 2 aromatic rings. The first-order valence-electron chi connectivity index (χ1n) is 7.81. The lowest BCUT2D eigenvalue weighted by atomic mass is 10.2. The van der Waals surface area contributed by atoms with Crippen molar-refractivity contribution in [1.29, 1.82) is 0 Å². The summed E-state index contributed by atoms with van der Waals surface area (Å²) in [4.78, 5) is 15.9. The Labute approximate surface area is 150 Å². The van der Waals surface area contributed by atoms with Gasteiger partial charge >= 0.3 is 6.09 Å². The number of aromatic nitrogens is 1. The number of ether oxygens (including phenoxy) is 1. The summed E-state index contributed by atoms with van der Waals surface area (Å²) >= 11 is 3.44. The smallest absolute Gasteiger partial charge is 0.407 e. The van der Waals surface area contributed by atoms with Crippen molar-refractivity contribution in [2.75, 3.05) is 24.1 Å².